The molecule has 0 N–H and O–H groups in total. The van der Waals surface area contributed by atoms with Crippen molar-refractivity contribution in [3.8, 4) is 0 Å². The van der Waals surface area contributed by atoms with Crippen LogP contribution in [-0.2, 0) is 19.1 Å². The van der Waals surface area contributed by atoms with Crippen molar-refractivity contribution in [3.63, 3.8) is 0 Å². The molecule has 0 aliphatic carbocycles. The monoisotopic (exact) mass is 250 g/mol. The highest BCUT2D eigenvalue weighted by atomic mass is 35.5. The number of hydrogen-bond acceptors (Lipinski definition) is 4. The van der Waals surface area contributed by atoms with Crippen molar-refractivity contribution in [2.45, 2.75) is 58.1 Å². The quantitative estimate of drug-likeness (QED) is 0.536. The molecule has 0 saturated carbocycles. The standard InChI is InChI=1S/C11H19ClO4/c1-7(2)15-10(13)6-5-9(12)11(14)16-8(3)4/h7-9H,5-6H2,1-4H3. The summed E-state index contributed by atoms with van der Waals surface area (Å²) in [6.45, 7) is 7.02. The van der Waals surface area contributed by atoms with Gasteiger partial charge in [0.2, 0.25) is 0 Å². The molecule has 4 nitrogen and oxygen atoms in total. The third kappa shape index (κ3) is 7.51. The molecule has 0 saturated heterocycles. The van der Waals surface area contributed by atoms with Crippen LogP contribution in [0.3, 0.4) is 0 Å². The number of rotatable bonds is 6. The number of ether oxygens (including phenoxy) is 2. The molecule has 1 atom stereocenters. The van der Waals surface area contributed by atoms with Gasteiger partial charge < -0.3 is 9.47 Å². The molecule has 0 aliphatic rings. The van der Waals surface area contributed by atoms with E-state index in [1.165, 1.54) is 0 Å². The summed E-state index contributed by atoms with van der Waals surface area (Å²) in [5.41, 5.74) is 0. The molecule has 0 heterocycles. The summed E-state index contributed by atoms with van der Waals surface area (Å²) in [5, 5.41) is -0.790. The Morgan fingerprint density at radius 2 is 1.56 bits per heavy atom. The van der Waals surface area contributed by atoms with Gasteiger partial charge in [-0.1, -0.05) is 0 Å². The van der Waals surface area contributed by atoms with Crippen LogP contribution in [0.2, 0.25) is 0 Å². The van der Waals surface area contributed by atoms with Gasteiger partial charge in [-0.2, -0.15) is 0 Å². The normalized spacial score (nSPS) is 12.7. The van der Waals surface area contributed by atoms with Gasteiger partial charge in [0.25, 0.3) is 0 Å². The van der Waals surface area contributed by atoms with Crippen molar-refractivity contribution in [3.05, 3.63) is 0 Å². The van der Waals surface area contributed by atoms with Crippen molar-refractivity contribution >= 4 is 23.5 Å². The minimum absolute atomic E-state index is 0.125. The van der Waals surface area contributed by atoms with Crippen LogP contribution in [0.4, 0.5) is 0 Å². The third-order valence-electron chi connectivity index (χ3n) is 1.58. The fourth-order valence-corrected chi connectivity index (χ4v) is 1.15. The second kappa shape index (κ2) is 7.49. The van der Waals surface area contributed by atoms with Crippen LogP contribution in [0.25, 0.3) is 0 Å². The fourth-order valence-electron chi connectivity index (χ4n) is 0.990. The number of alkyl halides is 1. The molecule has 94 valence electrons. The average molecular weight is 251 g/mol. The van der Waals surface area contributed by atoms with Crippen LogP contribution < -0.4 is 0 Å². The first kappa shape index (κ1) is 15.2. The maximum absolute atomic E-state index is 11.3. The summed E-state index contributed by atoms with van der Waals surface area (Å²) in [4.78, 5) is 22.5. The molecule has 0 radical (unpaired) electrons. The highest BCUT2D eigenvalue weighted by molar-refractivity contribution is 6.29. The van der Waals surface area contributed by atoms with Gasteiger partial charge in [-0.25, -0.2) is 0 Å². The molecule has 0 aromatic rings. The van der Waals surface area contributed by atoms with Crippen LogP contribution in [0, 0.1) is 0 Å². The molecule has 0 bridgehead atoms. The van der Waals surface area contributed by atoms with Crippen LogP contribution in [0.15, 0.2) is 0 Å². The van der Waals surface area contributed by atoms with E-state index >= 15 is 0 Å². The average Bonchev–Trinajstić information content (AvgIpc) is 2.11. The van der Waals surface area contributed by atoms with Crippen LogP contribution in [0.1, 0.15) is 40.5 Å². The molecule has 5 heteroatoms. The maximum atomic E-state index is 11.3. The van der Waals surface area contributed by atoms with Gasteiger partial charge in [0, 0.05) is 6.42 Å². The van der Waals surface area contributed by atoms with E-state index in [1.54, 1.807) is 27.7 Å². The second-order valence-electron chi connectivity index (χ2n) is 4.03. The molecule has 0 amide bonds. The largest absolute Gasteiger partial charge is 0.463 e. The van der Waals surface area contributed by atoms with Crippen molar-refractivity contribution in [1.82, 2.24) is 0 Å². The second-order valence-corrected chi connectivity index (χ2v) is 4.56. The summed E-state index contributed by atoms with van der Waals surface area (Å²) in [7, 11) is 0. The fraction of sp³-hybridized carbons (Fsp3) is 0.818. The zero-order valence-electron chi connectivity index (χ0n) is 10.2. The Balaban J connectivity index is 3.84. The first-order chi connectivity index (χ1) is 7.32. The number of carbonyl (C=O) groups is 2. The van der Waals surface area contributed by atoms with Gasteiger partial charge in [-0.05, 0) is 34.1 Å². The van der Waals surface area contributed by atoms with Crippen LogP contribution >= 0.6 is 11.6 Å². The Morgan fingerprint density at radius 3 is 2.00 bits per heavy atom. The Bertz CT molecular complexity index is 238. The minimum atomic E-state index is -0.790. The molecule has 0 aromatic carbocycles. The summed E-state index contributed by atoms with van der Waals surface area (Å²) in [5.74, 6) is -0.841. The van der Waals surface area contributed by atoms with Crippen LogP contribution in [-0.4, -0.2) is 29.5 Å². The minimum Gasteiger partial charge on any atom is -0.463 e. The molecule has 1 unspecified atom stereocenters. The van der Waals surface area contributed by atoms with Crippen molar-refractivity contribution < 1.29 is 19.1 Å². The molecule has 0 aromatic heterocycles. The lowest BCUT2D eigenvalue weighted by Gasteiger charge is -2.12. The van der Waals surface area contributed by atoms with Gasteiger partial charge in [0.1, 0.15) is 5.38 Å². The Labute approximate surface area is 101 Å². The predicted octanol–water partition coefficient (Wildman–Crippen LogP) is 2.28. The zero-order chi connectivity index (χ0) is 12.7. The molecule has 0 spiro atoms. The lowest BCUT2D eigenvalue weighted by molar-refractivity contribution is -0.148. The first-order valence-corrected chi connectivity index (χ1v) is 5.80. The lowest BCUT2D eigenvalue weighted by atomic mass is 10.2. The van der Waals surface area contributed by atoms with Crippen molar-refractivity contribution in [2.24, 2.45) is 0 Å². The number of hydrogen-bond donors (Lipinski definition) is 0. The molecule has 0 fully saturated rings. The first-order valence-electron chi connectivity index (χ1n) is 5.37. The highest BCUT2D eigenvalue weighted by Crippen LogP contribution is 2.10. The molecule has 16 heavy (non-hydrogen) atoms. The summed E-state index contributed by atoms with van der Waals surface area (Å²) < 4.78 is 9.81. The summed E-state index contributed by atoms with van der Waals surface area (Å²) >= 11 is 5.77. The Morgan fingerprint density at radius 1 is 1.06 bits per heavy atom. The van der Waals surface area contributed by atoms with Gasteiger partial charge >= 0.3 is 11.9 Å². The van der Waals surface area contributed by atoms with E-state index in [0.717, 1.165) is 0 Å². The van der Waals surface area contributed by atoms with Gasteiger partial charge in [0.15, 0.2) is 0 Å². The smallest absolute Gasteiger partial charge is 0.324 e. The number of esters is 2. The predicted molar refractivity (Wildman–Crippen MR) is 61.3 cm³/mol. The topological polar surface area (TPSA) is 52.6 Å². The lowest BCUT2D eigenvalue weighted by Crippen LogP contribution is -2.23. The Hall–Kier alpha value is -0.770. The highest BCUT2D eigenvalue weighted by Gasteiger charge is 2.19. The van der Waals surface area contributed by atoms with Gasteiger partial charge in [-0.15, -0.1) is 11.6 Å². The van der Waals surface area contributed by atoms with Crippen molar-refractivity contribution in [2.75, 3.05) is 0 Å². The van der Waals surface area contributed by atoms with Gasteiger partial charge in [0.05, 0.1) is 12.2 Å². The molecular weight excluding hydrogens is 232 g/mol. The molecule has 0 aliphatic heterocycles. The maximum Gasteiger partial charge on any atom is 0.324 e. The summed E-state index contributed by atoms with van der Waals surface area (Å²) in [6, 6.07) is 0. The van der Waals surface area contributed by atoms with Gasteiger partial charge in [-0.3, -0.25) is 9.59 Å². The van der Waals surface area contributed by atoms with E-state index in [0.29, 0.717) is 0 Å². The molecule has 0 rings (SSSR count). The Kier molecular flexibility index (Phi) is 7.13. The number of carbonyl (C=O) groups excluding carboxylic acids is 2. The van der Waals surface area contributed by atoms with E-state index in [2.05, 4.69) is 0 Å². The van der Waals surface area contributed by atoms with E-state index in [4.69, 9.17) is 21.1 Å². The third-order valence-corrected chi connectivity index (χ3v) is 1.97. The van der Waals surface area contributed by atoms with E-state index in [9.17, 15) is 9.59 Å². The van der Waals surface area contributed by atoms with E-state index in [-0.39, 0.29) is 31.0 Å². The van der Waals surface area contributed by atoms with Crippen molar-refractivity contribution in [1.29, 1.82) is 0 Å². The van der Waals surface area contributed by atoms with E-state index in [1.807, 2.05) is 0 Å². The zero-order valence-corrected chi connectivity index (χ0v) is 10.9. The van der Waals surface area contributed by atoms with Crippen LogP contribution in [0.5, 0.6) is 0 Å². The number of halogens is 1. The summed E-state index contributed by atoms with van der Waals surface area (Å²) in [6.07, 6.45) is 0.0123. The SMILES string of the molecule is CC(C)OC(=O)CCC(Cl)C(=O)OC(C)C. The van der Waals surface area contributed by atoms with E-state index < -0.39 is 11.3 Å². The molecular formula is C11H19ClO4.